The molecule has 0 aromatic carbocycles. The van der Waals surface area contributed by atoms with Gasteiger partial charge in [0.1, 0.15) is 6.04 Å². The maximum atomic E-state index is 12.1. The number of aromatic nitrogens is 1. The van der Waals surface area contributed by atoms with Crippen LogP contribution in [0.2, 0.25) is 0 Å². The Morgan fingerprint density at radius 2 is 2.28 bits per heavy atom. The molecular formula is C13H16N2O3. The van der Waals surface area contributed by atoms with Gasteiger partial charge in [-0.1, -0.05) is 6.07 Å². The minimum atomic E-state index is -0.908. The summed E-state index contributed by atoms with van der Waals surface area (Å²) in [6.45, 7) is 0.538. The van der Waals surface area contributed by atoms with E-state index in [4.69, 9.17) is 5.11 Å². The van der Waals surface area contributed by atoms with Crippen molar-refractivity contribution in [2.75, 3.05) is 6.54 Å². The highest BCUT2D eigenvalue weighted by Crippen LogP contribution is 2.18. The van der Waals surface area contributed by atoms with Crippen LogP contribution < -0.4 is 0 Å². The number of aliphatic carboxylic acids is 1. The molecule has 2 rings (SSSR count). The second-order valence-corrected chi connectivity index (χ2v) is 4.48. The molecule has 1 aromatic heterocycles. The van der Waals surface area contributed by atoms with Gasteiger partial charge in [-0.15, -0.1) is 0 Å². The summed E-state index contributed by atoms with van der Waals surface area (Å²) in [5, 5.41) is 9.12. The standard InChI is InChI=1S/C13H16N2O3/c16-12(8-10-4-3-6-14-9-10)15-7-2-1-5-11(15)13(17)18/h3-4,6,9,11H,1-2,5,7-8H2,(H,17,18)/t11-/m0/s1. The largest absolute Gasteiger partial charge is 0.480 e. The van der Waals surface area contributed by atoms with E-state index in [1.807, 2.05) is 6.07 Å². The van der Waals surface area contributed by atoms with Crippen LogP contribution in [0.5, 0.6) is 0 Å². The number of carbonyl (C=O) groups is 2. The van der Waals surface area contributed by atoms with Crippen molar-refractivity contribution in [2.24, 2.45) is 0 Å². The average Bonchev–Trinajstić information content (AvgIpc) is 2.40. The van der Waals surface area contributed by atoms with Crippen molar-refractivity contribution in [2.45, 2.75) is 31.7 Å². The molecular weight excluding hydrogens is 232 g/mol. The van der Waals surface area contributed by atoms with E-state index in [0.29, 0.717) is 13.0 Å². The number of hydrogen-bond donors (Lipinski definition) is 1. The Morgan fingerprint density at radius 1 is 1.44 bits per heavy atom. The van der Waals surface area contributed by atoms with Gasteiger partial charge < -0.3 is 10.0 Å². The minimum Gasteiger partial charge on any atom is -0.480 e. The Morgan fingerprint density at radius 3 is 2.94 bits per heavy atom. The molecule has 0 saturated carbocycles. The maximum Gasteiger partial charge on any atom is 0.326 e. The lowest BCUT2D eigenvalue weighted by atomic mass is 10.0. The van der Waals surface area contributed by atoms with Crippen molar-refractivity contribution in [3.63, 3.8) is 0 Å². The Bertz CT molecular complexity index is 433. The summed E-state index contributed by atoms with van der Waals surface area (Å²) < 4.78 is 0. The molecule has 1 atom stereocenters. The molecule has 0 radical (unpaired) electrons. The highest BCUT2D eigenvalue weighted by molar-refractivity contribution is 5.85. The fourth-order valence-electron chi connectivity index (χ4n) is 2.27. The first-order valence-corrected chi connectivity index (χ1v) is 6.09. The van der Waals surface area contributed by atoms with Gasteiger partial charge in [0, 0.05) is 18.9 Å². The summed E-state index contributed by atoms with van der Waals surface area (Å²) in [6.07, 6.45) is 5.80. The number of carboxylic acids is 1. The molecule has 1 saturated heterocycles. The number of piperidine rings is 1. The topological polar surface area (TPSA) is 70.5 Å². The first-order valence-electron chi connectivity index (χ1n) is 6.09. The number of pyridine rings is 1. The number of amides is 1. The van der Waals surface area contributed by atoms with Crippen LogP contribution in [0.25, 0.3) is 0 Å². The Labute approximate surface area is 105 Å². The number of nitrogens with zero attached hydrogens (tertiary/aromatic N) is 2. The number of carbonyl (C=O) groups excluding carboxylic acids is 1. The summed E-state index contributed by atoms with van der Waals surface area (Å²) in [7, 11) is 0. The number of rotatable bonds is 3. The predicted molar refractivity (Wildman–Crippen MR) is 64.9 cm³/mol. The first kappa shape index (κ1) is 12.5. The van der Waals surface area contributed by atoms with Gasteiger partial charge in [-0.05, 0) is 30.9 Å². The highest BCUT2D eigenvalue weighted by Gasteiger charge is 2.31. The molecule has 0 unspecified atom stereocenters. The lowest BCUT2D eigenvalue weighted by Gasteiger charge is -2.33. The summed E-state index contributed by atoms with van der Waals surface area (Å²) in [5.74, 6) is -1.04. The van der Waals surface area contributed by atoms with E-state index in [-0.39, 0.29) is 12.3 Å². The molecule has 0 aliphatic carbocycles. The van der Waals surface area contributed by atoms with Crippen LogP contribution >= 0.6 is 0 Å². The smallest absolute Gasteiger partial charge is 0.326 e. The van der Waals surface area contributed by atoms with Crippen molar-refractivity contribution in [1.82, 2.24) is 9.88 Å². The molecule has 1 fully saturated rings. The van der Waals surface area contributed by atoms with Crippen molar-refractivity contribution >= 4 is 11.9 Å². The third-order valence-electron chi connectivity index (χ3n) is 3.19. The molecule has 1 aromatic rings. The molecule has 0 bridgehead atoms. The van der Waals surface area contributed by atoms with E-state index in [1.54, 1.807) is 18.5 Å². The summed E-state index contributed by atoms with van der Waals surface area (Å²) in [4.78, 5) is 28.7. The zero-order valence-corrected chi connectivity index (χ0v) is 10.1. The zero-order chi connectivity index (χ0) is 13.0. The van der Waals surface area contributed by atoms with Gasteiger partial charge in [-0.2, -0.15) is 0 Å². The van der Waals surface area contributed by atoms with Gasteiger partial charge in [-0.3, -0.25) is 9.78 Å². The second-order valence-electron chi connectivity index (χ2n) is 4.48. The van der Waals surface area contributed by atoms with Gasteiger partial charge in [0.2, 0.25) is 5.91 Å². The Balaban J connectivity index is 2.05. The van der Waals surface area contributed by atoms with Crippen molar-refractivity contribution in [3.05, 3.63) is 30.1 Å². The van der Waals surface area contributed by atoms with E-state index in [2.05, 4.69) is 4.98 Å². The third kappa shape index (κ3) is 2.85. The summed E-state index contributed by atoms with van der Waals surface area (Å²) in [5.41, 5.74) is 0.817. The van der Waals surface area contributed by atoms with Gasteiger partial charge in [-0.25, -0.2) is 4.79 Å². The van der Waals surface area contributed by atoms with Crippen LogP contribution in [-0.4, -0.2) is 39.5 Å². The second kappa shape index (κ2) is 5.62. The molecule has 1 aliphatic rings. The fourth-order valence-corrected chi connectivity index (χ4v) is 2.27. The lowest BCUT2D eigenvalue weighted by Crippen LogP contribution is -2.48. The van der Waals surface area contributed by atoms with Crippen LogP contribution in [0.4, 0.5) is 0 Å². The molecule has 5 heteroatoms. The van der Waals surface area contributed by atoms with Gasteiger partial charge >= 0.3 is 5.97 Å². The molecule has 1 amide bonds. The lowest BCUT2D eigenvalue weighted by molar-refractivity contribution is -0.151. The third-order valence-corrected chi connectivity index (χ3v) is 3.19. The van der Waals surface area contributed by atoms with Crippen LogP contribution in [0.1, 0.15) is 24.8 Å². The molecule has 96 valence electrons. The highest BCUT2D eigenvalue weighted by atomic mass is 16.4. The molecule has 1 aliphatic heterocycles. The summed E-state index contributed by atoms with van der Waals surface area (Å²) >= 11 is 0. The molecule has 5 nitrogen and oxygen atoms in total. The molecule has 2 heterocycles. The number of likely N-dealkylation sites (tertiary alicyclic amines) is 1. The monoisotopic (exact) mass is 248 g/mol. The van der Waals surface area contributed by atoms with E-state index in [9.17, 15) is 9.59 Å². The first-order chi connectivity index (χ1) is 8.68. The maximum absolute atomic E-state index is 12.1. The Kier molecular flexibility index (Phi) is 3.92. The molecule has 18 heavy (non-hydrogen) atoms. The van der Waals surface area contributed by atoms with Crippen molar-refractivity contribution in [3.8, 4) is 0 Å². The quantitative estimate of drug-likeness (QED) is 0.869. The predicted octanol–water partition coefficient (Wildman–Crippen LogP) is 1.09. The van der Waals surface area contributed by atoms with Gasteiger partial charge in [0.25, 0.3) is 0 Å². The van der Waals surface area contributed by atoms with E-state index < -0.39 is 12.0 Å². The normalized spacial score (nSPS) is 19.6. The minimum absolute atomic E-state index is 0.130. The van der Waals surface area contributed by atoms with Gasteiger partial charge in [0.05, 0.1) is 6.42 Å². The number of carboxylic acid groups (broad SMARTS) is 1. The zero-order valence-electron chi connectivity index (χ0n) is 10.1. The molecule has 1 N–H and O–H groups in total. The average molecular weight is 248 g/mol. The van der Waals surface area contributed by atoms with Gasteiger partial charge in [0.15, 0.2) is 0 Å². The van der Waals surface area contributed by atoms with Crippen LogP contribution in [-0.2, 0) is 16.0 Å². The van der Waals surface area contributed by atoms with E-state index in [1.165, 1.54) is 4.90 Å². The fraction of sp³-hybridized carbons (Fsp3) is 0.462. The van der Waals surface area contributed by atoms with E-state index in [0.717, 1.165) is 18.4 Å². The summed E-state index contributed by atoms with van der Waals surface area (Å²) in [6, 6.07) is 2.93. The van der Waals surface area contributed by atoms with Crippen LogP contribution in [0.15, 0.2) is 24.5 Å². The SMILES string of the molecule is O=C(O)[C@@H]1CCCCN1C(=O)Cc1cccnc1. The van der Waals surface area contributed by atoms with E-state index >= 15 is 0 Å². The van der Waals surface area contributed by atoms with Crippen molar-refractivity contribution in [1.29, 1.82) is 0 Å². The van der Waals surface area contributed by atoms with Crippen LogP contribution in [0, 0.1) is 0 Å². The number of hydrogen-bond acceptors (Lipinski definition) is 3. The molecule has 0 spiro atoms. The Hall–Kier alpha value is -1.91. The van der Waals surface area contributed by atoms with Crippen molar-refractivity contribution < 1.29 is 14.7 Å². The van der Waals surface area contributed by atoms with Crippen LogP contribution in [0.3, 0.4) is 0 Å².